The number of aryl methyl sites for hydroxylation is 1. The predicted octanol–water partition coefficient (Wildman–Crippen LogP) is 4.41. The van der Waals surface area contributed by atoms with Crippen LogP contribution in [-0.2, 0) is 4.79 Å². The van der Waals surface area contributed by atoms with Crippen LogP contribution in [0.3, 0.4) is 0 Å². The van der Waals surface area contributed by atoms with Gasteiger partial charge in [-0.1, -0.05) is 30.0 Å². The first kappa shape index (κ1) is 19.8. The fourth-order valence-electron chi connectivity index (χ4n) is 2.92. The number of carbonyl (C=O) groups is 1. The zero-order valence-electron chi connectivity index (χ0n) is 16.3. The van der Waals surface area contributed by atoms with Crippen molar-refractivity contribution < 1.29 is 13.6 Å². The maximum absolute atomic E-state index is 13.0. The van der Waals surface area contributed by atoms with Crippen molar-refractivity contribution in [3.8, 4) is 17.1 Å². The quantitative estimate of drug-likeness (QED) is 0.463. The van der Waals surface area contributed by atoms with Crippen LogP contribution < -0.4 is 5.32 Å². The molecule has 2 aromatic heterocycles. The van der Waals surface area contributed by atoms with Crippen molar-refractivity contribution >= 4 is 23.4 Å². The molecule has 0 unspecified atom stereocenters. The lowest BCUT2D eigenvalue weighted by Gasteiger charge is -2.06. The Balaban J connectivity index is 1.40. The SMILES string of the molecule is Cc1nn(-c2ccccc2)c(C)c1NC(=O)CSc1nnc(-c2ccc(F)cc2)o1. The predicted molar refractivity (Wildman–Crippen MR) is 112 cm³/mol. The average Bonchev–Trinajstić information content (AvgIpc) is 3.34. The highest BCUT2D eigenvalue weighted by atomic mass is 32.2. The van der Waals surface area contributed by atoms with Gasteiger partial charge in [-0.3, -0.25) is 4.79 Å². The van der Waals surface area contributed by atoms with E-state index in [1.54, 1.807) is 16.8 Å². The Bertz CT molecular complexity index is 1170. The molecule has 0 saturated heterocycles. The normalized spacial score (nSPS) is 10.9. The summed E-state index contributed by atoms with van der Waals surface area (Å²) in [5.74, 6) is -0.180. The molecule has 0 bridgehead atoms. The molecular weight excluding hydrogens is 405 g/mol. The minimum atomic E-state index is -0.342. The Morgan fingerprint density at radius 1 is 1.10 bits per heavy atom. The molecular formula is C21H18FN5O2S. The van der Waals surface area contributed by atoms with E-state index in [1.807, 2.05) is 44.2 Å². The molecule has 2 aromatic carbocycles. The second-order valence-electron chi connectivity index (χ2n) is 6.51. The number of nitrogens with one attached hydrogen (secondary N) is 1. The van der Waals surface area contributed by atoms with E-state index in [4.69, 9.17) is 4.42 Å². The molecule has 2 heterocycles. The fraction of sp³-hybridized carbons (Fsp3) is 0.143. The van der Waals surface area contributed by atoms with E-state index >= 15 is 0 Å². The van der Waals surface area contributed by atoms with Crippen LogP contribution in [0.25, 0.3) is 17.1 Å². The third-order valence-electron chi connectivity index (χ3n) is 4.38. The van der Waals surface area contributed by atoms with Gasteiger partial charge in [0.05, 0.1) is 28.5 Å². The number of aromatic nitrogens is 4. The zero-order valence-corrected chi connectivity index (χ0v) is 17.1. The number of halogens is 1. The molecule has 0 atom stereocenters. The highest BCUT2D eigenvalue weighted by Gasteiger charge is 2.16. The lowest BCUT2D eigenvalue weighted by Crippen LogP contribution is -2.15. The van der Waals surface area contributed by atoms with Crippen molar-refractivity contribution in [1.82, 2.24) is 20.0 Å². The summed E-state index contributed by atoms with van der Waals surface area (Å²) < 4.78 is 20.4. The summed E-state index contributed by atoms with van der Waals surface area (Å²) in [4.78, 5) is 12.4. The van der Waals surface area contributed by atoms with Crippen LogP contribution >= 0.6 is 11.8 Å². The molecule has 152 valence electrons. The van der Waals surface area contributed by atoms with Gasteiger partial charge in [-0.05, 0) is 50.2 Å². The summed E-state index contributed by atoms with van der Waals surface area (Å²) in [5.41, 5.74) is 3.79. The molecule has 1 N–H and O–H groups in total. The Hall–Kier alpha value is -3.46. The van der Waals surface area contributed by atoms with Gasteiger partial charge in [0.25, 0.3) is 5.22 Å². The highest BCUT2D eigenvalue weighted by Crippen LogP contribution is 2.25. The number of anilines is 1. The average molecular weight is 423 g/mol. The fourth-order valence-corrected chi connectivity index (χ4v) is 3.49. The Labute approximate surface area is 176 Å². The van der Waals surface area contributed by atoms with E-state index in [-0.39, 0.29) is 28.6 Å². The molecule has 30 heavy (non-hydrogen) atoms. The molecule has 4 rings (SSSR count). The molecule has 1 amide bonds. The number of amides is 1. The summed E-state index contributed by atoms with van der Waals surface area (Å²) in [6.45, 7) is 3.75. The van der Waals surface area contributed by atoms with Gasteiger partial charge < -0.3 is 9.73 Å². The smallest absolute Gasteiger partial charge is 0.277 e. The third kappa shape index (κ3) is 4.25. The second kappa shape index (κ2) is 8.50. The van der Waals surface area contributed by atoms with E-state index in [1.165, 1.54) is 12.1 Å². The van der Waals surface area contributed by atoms with Crippen molar-refractivity contribution in [2.45, 2.75) is 19.1 Å². The number of hydrogen-bond acceptors (Lipinski definition) is 6. The lowest BCUT2D eigenvalue weighted by molar-refractivity contribution is -0.113. The number of carbonyl (C=O) groups excluding carboxylic acids is 1. The number of hydrogen-bond donors (Lipinski definition) is 1. The van der Waals surface area contributed by atoms with Crippen molar-refractivity contribution in [3.63, 3.8) is 0 Å². The molecule has 0 saturated carbocycles. The van der Waals surface area contributed by atoms with Gasteiger partial charge in [-0.2, -0.15) is 5.10 Å². The minimum Gasteiger partial charge on any atom is -0.411 e. The van der Waals surface area contributed by atoms with Gasteiger partial charge in [-0.25, -0.2) is 9.07 Å². The first-order valence-corrected chi connectivity index (χ1v) is 10.1. The van der Waals surface area contributed by atoms with E-state index in [0.29, 0.717) is 11.3 Å². The van der Waals surface area contributed by atoms with Gasteiger partial charge in [-0.15, -0.1) is 10.2 Å². The maximum atomic E-state index is 13.0. The molecule has 4 aromatic rings. The van der Waals surface area contributed by atoms with E-state index in [2.05, 4.69) is 20.6 Å². The summed E-state index contributed by atoms with van der Waals surface area (Å²) in [7, 11) is 0. The molecule has 0 aliphatic heterocycles. The van der Waals surface area contributed by atoms with E-state index < -0.39 is 0 Å². The van der Waals surface area contributed by atoms with E-state index in [9.17, 15) is 9.18 Å². The number of benzene rings is 2. The minimum absolute atomic E-state index is 0.0977. The maximum Gasteiger partial charge on any atom is 0.277 e. The highest BCUT2D eigenvalue weighted by molar-refractivity contribution is 7.99. The summed E-state index contributed by atoms with van der Waals surface area (Å²) >= 11 is 1.13. The van der Waals surface area contributed by atoms with Gasteiger partial charge in [0.15, 0.2) is 0 Å². The molecule has 9 heteroatoms. The second-order valence-corrected chi connectivity index (χ2v) is 7.44. The van der Waals surface area contributed by atoms with Crippen molar-refractivity contribution in [3.05, 3.63) is 71.8 Å². The largest absolute Gasteiger partial charge is 0.411 e. The molecule has 7 nitrogen and oxygen atoms in total. The lowest BCUT2D eigenvalue weighted by atomic mass is 10.2. The van der Waals surface area contributed by atoms with Gasteiger partial charge in [0.2, 0.25) is 11.8 Å². The van der Waals surface area contributed by atoms with Crippen LogP contribution in [-0.4, -0.2) is 31.6 Å². The molecule has 0 aliphatic rings. The van der Waals surface area contributed by atoms with Crippen LogP contribution in [0.4, 0.5) is 10.1 Å². The third-order valence-corrected chi connectivity index (χ3v) is 5.20. The Kier molecular flexibility index (Phi) is 5.62. The van der Waals surface area contributed by atoms with Crippen LogP contribution in [0.5, 0.6) is 0 Å². The van der Waals surface area contributed by atoms with Crippen LogP contribution in [0.2, 0.25) is 0 Å². The first-order chi connectivity index (χ1) is 14.5. The standard InChI is InChI=1S/C21H18FN5O2S/c1-13-19(14(2)27(26-13)17-6-4-3-5-7-17)23-18(28)12-30-21-25-24-20(29-21)15-8-10-16(22)11-9-15/h3-11H,12H2,1-2H3,(H,23,28). The van der Waals surface area contributed by atoms with Crippen LogP contribution in [0.1, 0.15) is 11.4 Å². The number of nitrogens with zero attached hydrogens (tertiary/aromatic N) is 4. The number of rotatable bonds is 6. The number of para-hydroxylation sites is 1. The van der Waals surface area contributed by atoms with Crippen molar-refractivity contribution in [2.24, 2.45) is 0 Å². The summed E-state index contributed by atoms with van der Waals surface area (Å²) in [5, 5.41) is 15.6. The molecule has 0 radical (unpaired) electrons. The zero-order chi connectivity index (χ0) is 21.1. The Morgan fingerprint density at radius 2 is 1.83 bits per heavy atom. The van der Waals surface area contributed by atoms with Crippen molar-refractivity contribution in [1.29, 1.82) is 0 Å². The molecule has 0 fully saturated rings. The van der Waals surface area contributed by atoms with Crippen LogP contribution in [0, 0.1) is 19.7 Å². The first-order valence-electron chi connectivity index (χ1n) is 9.15. The topological polar surface area (TPSA) is 85.8 Å². The van der Waals surface area contributed by atoms with Gasteiger partial charge >= 0.3 is 0 Å². The number of thioether (sulfide) groups is 1. The van der Waals surface area contributed by atoms with Gasteiger partial charge in [0, 0.05) is 5.56 Å². The Morgan fingerprint density at radius 3 is 2.57 bits per heavy atom. The molecule has 0 spiro atoms. The van der Waals surface area contributed by atoms with Crippen molar-refractivity contribution in [2.75, 3.05) is 11.1 Å². The van der Waals surface area contributed by atoms with Crippen LogP contribution in [0.15, 0.2) is 64.2 Å². The summed E-state index contributed by atoms with van der Waals surface area (Å²) in [6.07, 6.45) is 0. The van der Waals surface area contributed by atoms with E-state index in [0.717, 1.165) is 28.8 Å². The van der Waals surface area contributed by atoms with Gasteiger partial charge in [0.1, 0.15) is 5.82 Å². The summed E-state index contributed by atoms with van der Waals surface area (Å²) in [6, 6.07) is 15.5. The monoisotopic (exact) mass is 423 g/mol. The molecule has 0 aliphatic carbocycles.